The van der Waals surface area contributed by atoms with Crippen molar-refractivity contribution >= 4 is 0 Å². The molecule has 1 aliphatic rings. The molecule has 2 nitrogen and oxygen atoms in total. The smallest absolute Gasteiger partial charge is 0.0349 e. The second-order valence-electron chi connectivity index (χ2n) is 4.50. The molecule has 1 aromatic rings. The molecule has 1 atom stereocenters. The summed E-state index contributed by atoms with van der Waals surface area (Å²) < 4.78 is 0. The van der Waals surface area contributed by atoms with E-state index in [1.54, 1.807) is 0 Å². The van der Waals surface area contributed by atoms with Crippen molar-refractivity contribution in [3.63, 3.8) is 0 Å². The molecule has 1 aliphatic heterocycles. The lowest BCUT2D eigenvalue weighted by molar-refractivity contribution is 0.164. The van der Waals surface area contributed by atoms with Gasteiger partial charge in [0.2, 0.25) is 0 Å². The zero-order chi connectivity index (χ0) is 11.2. The fourth-order valence-electron chi connectivity index (χ4n) is 2.50. The van der Waals surface area contributed by atoms with Gasteiger partial charge in [-0.2, -0.15) is 0 Å². The quantitative estimate of drug-likeness (QED) is 0.835. The van der Waals surface area contributed by atoms with E-state index in [-0.39, 0.29) is 0 Å². The minimum Gasteiger partial charge on any atom is -0.314 e. The highest BCUT2D eigenvalue weighted by Crippen LogP contribution is 2.25. The molecular formula is C14H22N2. The zero-order valence-corrected chi connectivity index (χ0v) is 10.2. The van der Waals surface area contributed by atoms with E-state index in [9.17, 15) is 0 Å². The molecule has 0 amide bonds. The molecular weight excluding hydrogens is 196 g/mol. The van der Waals surface area contributed by atoms with Gasteiger partial charge in [-0.1, -0.05) is 43.7 Å². The third kappa shape index (κ3) is 2.83. The first-order valence-corrected chi connectivity index (χ1v) is 6.41. The molecule has 0 aliphatic carbocycles. The molecule has 1 fully saturated rings. The summed E-state index contributed by atoms with van der Waals surface area (Å²) in [5.74, 6) is 0. The van der Waals surface area contributed by atoms with Gasteiger partial charge in [-0.15, -0.1) is 0 Å². The lowest BCUT2D eigenvalue weighted by atomic mass is 10.00. The van der Waals surface area contributed by atoms with Crippen LogP contribution in [-0.2, 0) is 0 Å². The molecule has 0 radical (unpaired) electrons. The van der Waals surface area contributed by atoms with Gasteiger partial charge in [0.25, 0.3) is 0 Å². The topological polar surface area (TPSA) is 15.3 Å². The van der Waals surface area contributed by atoms with E-state index in [0.29, 0.717) is 6.04 Å². The summed E-state index contributed by atoms with van der Waals surface area (Å²) in [5, 5.41) is 3.42. The Morgan fingerprint density at radius 2 is 1.88 bits per heavy atom. The molecule has 1 aromatic carbocycles. The number of piperazine rings is 1. The molecule has 16 heavy (non-hydrogen) atoms. The maximum atomic E-state index is 3.42. The molecule has 1 heterocycles. The predicted molar refractivity (Wildman–Crippen MR) is 68.5 cm³/mol. The van der Waals surface area contributed by atoms with Crippen LogP contribution < -0.4 is 5.32 Å². The first kappa shape index (κ1) is 11.6. The first-order chi connectivity index (χ1) is 7.92. The van der Waals surface area contributed by atoms with Crippen molar-refractivity contribution in [2.24, 2.45) is 0 Å². The summed E-state index contributed by atoms with van der Waals surface area (Å²) in [5.41, 5.74) is 1.48. The number of nitrogens with zero attached hydrogens (tertiary/aromatic N) is 1. The van der Waals surface area contributed by atoms with Crippen LogP contribution in [0.2, 0.25) is 0 Å². The number of benzene rings is 1. The van der Waals surface area contributed by atoms with Crippen LogP contribution in [0.15, 0.2) is 30.3 Å². The Kier molecular flexibility index (Phi) is 4.37. The van der Waals surface area contributed by atoms with E-state index >= 15 is 0 Å². The van der Waals surface area contributed by atoms with Gasteiger partial charge >= 0.3 is 0 Å². The minimum atomic E-state index is 0.619. The molecule has 1 saturated heterocycles. The summed E-state index contributed by atoms with van der Waals surface area (Å²) >= 11 is 0. The van der Waals surface area contributed by atoms with E-state index in [1.165, 1.54) is 31.5 Å². The highest BCUT2D eigenvalue weighted by atomic mass is 15.2. The average Bonchev–Trinajstić information content (AvgIpc) is 2.38. The van der Waals surface area contributed by atoms with Crippen molar-refractivity contribution in [1.29, 1.82) is 0 Å². The number of hydrogen-bond acceptors (Lipinski definition) is 2. The number of rotatable bonds is 4. The third-order valence-corrected chi connectivity index (χ3v) is 3.34. The number of nitrogens with one attached hydrogen (secondary N) is 1. The lowest BCUT2D eigenvalue weighted by Gasteiger charge is -2.35. The van der Waals surface area contributed by atoms with Crippen molar-refractivity contribution in [3.8, 4) is 0 Å². The zero-order valence-electron chi connectivity index (χ0n) is 10.2. The summed E-state index contributed by atoms with van der Waals surface area (Å²) in [7, 11) is 0. The van der Waals surface area contributed by atoms with Crippen LogP contribution in [0.4, 0.5) is 0 Å². The third-order valence-electron chi connectivity index (χ3n) is 3.34. The monoisotopic (exact) mass is 218 g/mol. The molecule has 0 spiro atoms. The Hall–Kier alpha value is -0.860. The van der Waals surface area contributed by atoms with Crippen LogP contribution in [0.25, 0.3) is 0 Å². The van der Waals surface area contributed by atoms with Crippen LogP contribution in [0, 0.1) is 0 Å². The van der Waals surface area contributed by atoms with Crippen molar-refractivity contribution < 1.29 is 0 Å². The highest BCUT2D eigenvalue weighted by Gasteiger charge is 2.20. The molecule has 1 unspecified atom stereocenters. The van der Waals surface area contributed by atoms with Crippen molar-refractivity contribution in [1.82, 2.24) is 10.2 Å². The Balaban J connectivity index is 2.09. The molecule has 0 bridgehead atoms. The maximum Gasteiger partial charge on any atom is 0.0349 e. The Labute approximate surface area is 98.7 Å². The van der Waals surface area contributed by atoms with Crippen LogP contribution >= 0.6 is 0 Å². The fraction of sp³-hybridized carbons (Fsp3) is 0.571. The largest absolute Gasteiger partial charge is 0.314 e. The summed E-state index contributed by atoms with van der Waals surface area (Å²) in [6.07, 6.45) is 2.52. The second kappa shape index (κ2) is 6.02. The van der Waals surface area contributed by atoms with E-state index in [1.807, 2.05) is 0 Å². The van der Waals surface area contributed by atoms with Crippen LogP contribution in [-0.4, -0.2) is 31.1 Å². The average molecular weight is 218 g/mol. The summed E-state index contributed by atoms with van der Waals surface area (Å²) in [6.45, 7) is 6.90. The van der Waals surface area contributed by atoms with Crippen LogP contribution in [0.5, 0.6) is 0 Å². The Morgan fingerprint density at radius 3 is 2.50 bits per heavy atom. The SMILES string of the molecule is CCCC(c1ccccc1)N1CCNCC1. The Bertz CT molecular complexity index is 291. The summed E-state index contributed by atoms with van der Waals surface area (Å²) in [4.78, 5) is 2.62. The van der Waals surface area contributed by atoms with E-state index < -0.39 is 0 Å². The van der Waals surface area contributed by atoms with Gasteiger partial charge in [0.15, 0.2) is 0 Å². The predicted octanol–water partition coefficient (Wildman–Crippen LogP) is 2.43. The van der Waals surface area contributed by atoms with Crippen LogP contribution in [0.3, 0.4) is 0 Å². The number of hydrogen-bond donors (Lipinski definition) is 1. The van der Waals surface area contributed by atoms with E-state index in [0.717, 1.165) is 13.1 Å². The second-order valence-corrected chi connectivity index (χ2v) is 4.50. The molecule has 1 N–H and O–H groups in total. The lowest BCUT2D eigenvalue weighted by Crippen LogP contribution is -2.45. The van der Waals surface area contributed by atoms with Gasteiger partial charge in [-0.05, 0) is 12.0 Å². The molecule has 88 valence electrons. The normalized spacial score (nSPS) is 19.6. The molecule has 0 aromatic heterocycles. The summed E-state index contributed by atoms with van der Waals surface area (Å²) in [6, 6.07) is 11.6. The molecule has 2 heteroatoms. The Morgan fingerprint density at radius 1 is 1.19 bits per heavy atom. The minimum absolute atomic E-state index is 0.619. The maximum absolute atomic E-state index is 3.42. The van der Waals surface area contributed by atoms with Crippen molar-refractivity contribution in [3.05, 3.63) is 35.9 Å². The standard InChI is InChI=1S/C14H22N2/c1-2-6-14(13-7-4-3-5-8-13)16-11-9-15-10-12-16/h3-5,7-8,14-15H,2,6,9-12H2,1H3. The molecule has 0 saturated carbocycles. The van der Waals surface area contributed by atoms with Gasteiger partial charge in [0.1, 0.15) is 0 Å². The van der Waals surface area contributed by atoms with E-state index in [4.69, 9.17) is 0 Å². The molecule has 2 rings (SSSR count). The van der Waals surface area contributed by atoms with Crippen LogP contribution in [0.1, 0.15) is 31.4 Å². The van der Waals surface area contributed by atoms with Gasteiger partial charge in [0, 0.05) is 32.2 Å². The highest BCUT2D eigenvalue weighted by molar-refractivity contribution is 5.19. The van der Waals surface area contributed by atoms with Gasteiger partial charge in [-0.25, -0.2) is 0 Å². The first-order valence-electron chi connectivity index (χ1n) is 6.41. The fourth-order valence-corrected chi connectivity index (χ4v) is 2.50. The van der Waals surface area contributed by atoms with Crippen molar-refractivity contribution in [2.75, 3.05) is 26.2 Å². The van der Waals surface area contributed by atoms with Gasteiger partial charge in [0.05, 0.1) is 0 Å². The van der Waals surface area contributed by atoms with Gasteiger partial charge < -0.3 is 5.32 Å². The van der Waals surface area contributed by atoms with Crippen molar-refractivity contribution in [2.45, 2.75) is 25.8 Å². The van der Waals surface area contributed by atoms with Gasteiger partial charge in [-0.3, -0.25) is 4.90 Å². The van der Waals surface area contributed by atoms with E-state index in [2.05, 4.69) is 47.5 Å².